The lowest BCUT2D eigenvalue weighted by molar-refractivity contribution is 0.142. The van der Waals surface area contributed by atoms with Crippen molar-refractivity contribution in [1.82, 2.24) is 4.98 Å². The summed E-state index contributed by atoms with van der Waals surface area (Å²) in [6, 6.07) is 0. The fourth-order valence-electron chi connectivity index (χ4n) is 1.06. The zero-order valence-electron chi connectivity index (χ0n) is 7.83. The van der Waals surface area contributed by atoms with Crippen molar-refractivity contribution in [2.45, 2.75) is 11.3 Å². The molecule has 0 aliphatic carbocycles. The first kappa shape index (κ1) is 12.9. The first-order chi connectivity index (χ1) is 7.29. The largest absolute Gasteiger partial charge is 0.491 e. The van der Waals surface area contributed by atoms with Gasteiger partial charge in [0, 0.05) is 16.9 Å². The number of ether oxygens (including phenoxy) is 1. The summed E-state index contributed by atoms with van der Waals surface area (Å²) in [5, 5.41) is 0. The second-order valence-corrected chi connectivity index (χ2v) is 5.17. The molecule has 5 nitrogen and oxygen atoms in total. The second-order valence-electron chi connectivity index (χ2n) is 2.67. The molecule has 0 saturated heterocycles. The van der Waals surface area contributed by atoms with Crippen LogP contribution in [0.3, 0.4) is 0 Å². The average Bonchev–Trinajstić information content (AvgIpc) is 2.14. The Hall–Kier alpha value is -1.15. The van der Waals surface area contributed by atoms with Crippen LogP contribution in [0.25, 0.3) is 0 Å². The number of H-pyrrole nitrogens is 1. The van der Waals surface area contributed by atoms with E-state index in [1.54, 1.807) is 0 Å². The lowest BCUT2D eigenvalue weighted by atomic mass is 10.3. The molecule has 1 aromatic rings. The van der Waals surface area contributed by atoms with E-state index in [1.165, 1.54) is 0 Å². The molecule has 0 amide bonds. The highest BCUT2D eigenvalue weighted by molar-refractivity contribution is 8.13. The van der Waals surface area contributed by atoms with Gasteiger partial charge in [0.25, 0.3) is 15.5 Å². The van der Waals surface area contributed by atoms with Gasteiger partial charge in [-0.25, -0.2) is 17.2 Å². The van der Waals surface area contributed by atoms with E-state index in [9.17, 15) is 22.0 Å². The number of hydrogen-bond donors (Lipinski definition) is 1. The van der Waals surface area contributed by atoms with Crippen molar-refractivity contribution in [3.63, 3.8) is 0 Å². The van der Waals surface area contributed by atoms with Crippen LogP contribution in [0.4, 0.5) is 8.78 Å². The molecular weight excluding hydrogens is 268 g/mol. The predicted molar refractivity (Wildman–Crippen MR) is 51.6 cm³/mol. The van der Waals surface area contributed by atoms with Crippen molar-refractivity contribution in [2.75, 3.05) is 7.11 Å². The highest BCUT2D eigenvalue weighted by Crippen LogP contribution is 2.25. The highest BCUT2D eigenvalue weighted by atomic mass is 35.7. The molecule has 0 fully saturated rings. The molecule has 0 bridgehead atoms. The van der Waals surface area contributed by atoms with E-state index in [2.05, 4.69) is 4.74 Å². The molecule has 0 radical (unpaired) electrons. The smallest absolute Gasteiger partial charge is 0.279 e. The molecule has 0 saturated carbocycles. The number of halogens is 3. The van der Waals surface area contributed by atoms with Gasteiger partial charge in [-0.05, 0) is 0 Å². The lowest BCUT2D eigenvalue weighted by Gasteiger charge is -2.07. The minimum absolute atomic E-state index is 0.413. The van der Waals surface area contributed by atoms with Gasteiger partial charge in [0.1, 0.15) is 5.69 Å². The molecule has 90 valence electrons. The van der Waals surface area contributed by atoms with Gasteiger partial charge in [-0.3, -0.25) is 4.79 Å². The summed E-state index contributed by atoms with van der Waals surface area (Å²) in [5.74, 6) is -0.413. The molecule has 0 unspecified atom stereocenters. The van der Waals surface area contributed by atoms with Crippen LogP contribution in [-0.2, 0) is 9.05 Å². The number of aromatic nitrogens is 1. The second kappa shape index (κ2) is 4.38. The van der Waals surface area contributed by atoms with Crippen LogP contribution in [0.5, 0.6) is 5.75 Å². The molecule has 1 heterocycles. The number of rotatable bonds is 3. The molecule has 1 rings (SSSR count). The summed E-state index contributed by atoms with van der Waals surface area (Å²) < 4.78 is 51.4. The molecule has 0 aliphatic rings. The molecule has 0 aliphatic heterocycles. The van der Waals surface area contributed by atoms with Crippen molar-refractivity contribution in [2.24, 2.45) is 0 Å². The minimum Gasteiger partial charge on any atom is -0.491 e. The van der Waals surface area contributed by atoms with Crippen LogP contribution in [0.1, 0.15) is 12.1 Å². The van der Waals surface area contributed by atoms with Crippen molar-refractivity contribution in [1.29, 1.82) is 0 Å². The maximum absolute atomic E-state index is 12.4. The molecule has 9 heteroatoms. The first-order valence-electron chi connectivity index (χ1n) is 3.81. The van der Waals surface area contributed by atoms with Crippen LogP contribution in [0.15, 0.2) is 15.9 Å². The van der Waals surface area contributed by atoms with E-state index in [1.807, 2.05) is 4.98 Å². The zero-order valence-corrected chi connectivity index (χ0v) is 9.40. The van der Waals surface area contributed by atoms with Gasteiger partial charge in [-0.2, -0.15) is 0 Å². The number of aromatic amines is 1. The van der Waals surface area contributed by atoms with E-state index < -0.39 is 37.2 Å². The Morgan fingerprint density at radius 3 is 2.44 bits per heavy atom. The van der Waals surface area contributed by atoms with E-state index in [-0.39, 0.29) is 0 Å². The van der Waals surface area contributed by atoms with E-state index in [0.29, 0.717) is 0 Å². The standard InChI is InChI=1S/C7H6ClF2NO4S/c1-15-3-2-11-4(7(9)10)6(5(3)12)16(8,13)14/h2,7H,1H3,(H,11,12). The Balaban J connectivity index is 3.70. The molecule has 1 aromatic heterocycles. The molecule has 0 aromatic carbocycles. The maximum atomic E-state index is 12.4. The molecule has 0 atom stereocenters. The van der Waals surface area contributed by atoms with Gasteiger partial charge in [0.05, 0.1) is 7.11 Å². The number of nitrogens with one attached hydrogen (secondary N) is 1. The van der Waals surface area contributed by atoms with E-state index >= 15 is 0 Å². The van der Waals surface area contributed by atoms with Crippen LogP contribution >= 0.6 is 10.7 Å². The third-order valence-electron chi connectivity index (χ3n) is 1.72. The Labute approximate surface area is 93.4 Å². The van der Waals surface area contributed by atoms with E-state index in [0.717, 1.165) is 13.3 Å². The summed E-state index contributed by atoms with van der Waals surface area (Å²) >= 11 is 0. The lowest BCUT2D eigenvalue weighted by Crippen LogP contribution is -2.18. The van der Waals surface area contributed by atoms with Gasteiger partial charge in [0.15, 0.2) is 10.6 Å². The summed E-state index contributed by atoms with van der Waals surface area (Å²) in [6.07, 6.45) is -2.32. The van der Waals surface area contributed by atoms with Gasteiger partial charge < -0.3 is 9.72 Å². The number of pyridine rings is 1. The van der Waals surface area contributed by atoms with Gasteiger partial charge in [-0.1, -0.05) is 0 Å². The monoisotopic (exact) mass is 273 g/mol. The van der Waals surface area contributed by atoms with Gasteiger partial charge in [-0.15, -0.1) is 0 Å². The van der Waals surface area contributed by atoms with Crippen LogP contribution < -0.4 is 10.2 Å². The Bertz CT molecular complexity index is 554. The molecule has 16 heavy (non-hydrogen) atoms. The number of alkyl halides is 2. The molecular formula is C7H6ClF2NO4S. The first-order valence-corrected chi connectivity index (χ1v) is 6.12. The van der Waals surface area contributed by atoms with Crippen molar-refractivity contribution < 1.29 is 21.9 Å². The Morgan fingerprint density at radius 1 is 1.50 bits per heavy atom. The third-order valence-corrected chi connectivity index (χ3v) is 3.07. The van der Waals surface area contributed by atoms with E-state index in [4.69, 9.17) is 10.7 Å². The summed E-state index contributed by atoms with van der Waals surface area (Å²) in [4.78, 5) is 12.2. The van der Waals surface area contributed by atoms with Gasteiger partial charge in [0.2, 0.25) is 5.43 Å². The fourth-order valence-corrected chi connectivity index (χ4v) is 2.26. The minimum atomic E-state index is -4.57. The van der Waals surface area contributed by atoms with Crippen LogP contribution in [0, 0.1) is 0 Å². The summed E-state index contributed by atoms with van der Waals surface area (Å²) in [5.41, 5.74) is -2.26. The van der Waals surface area contributed by atoms with Crippen LogP contribution in [-0.4, -0.2) is 20.5 Å². The number of methoxy groups -OCH3 is 1. The summed E-state index contributed by atoms with van der Waals surface area (Å²) in [7, 11) is 1.43. The topological polar surface area (TPSA) is 76.2 Å². The summed E-state index contributed by atoms with van der Waals surface area (Å²) in [6.45, 7) is 0. The third kappa shape index (κ3) is 2.33. The Morgan fingerprint density at radius 2 is 2.06 bits per heavy atom. The number of hydrogen-bond acceptors (Lipinski definition) is 4. The quantitative estimate of drug-likeness (QED) is 0.841. The SMILES string of the molecule is COc1c[nH]c(C(F)F)c(S(=O)(=O)Cl)c1=O. The molecule has 1 N–H and O–H groups in total. The van der Waals surface area contributed by atoms with Crippen molar-refractivity contribution in [3.05, 3.63) is 22.1 Å². The predicted octanol–water partition coefficient (Wildman–Crippen LogP) is 1.25. The maximum Gasteiger partial charge on any atom is 0.279 e. The van der Waals surface area contributed by atoms with Crippen molar-refractivity contribution in [3.8, 4) is 5.75 Å². The van der Waals surface area contributed by atoms with Gasteiger partial charge >= 0.3 is 0 Å². The zero-order chi connectivity index (χ0) is 12.5. The normalized spacial score (nSPS) is 11.8. The highest BCUT2D eigenvalue weighted by Gasteiger charge is 2.27. The van der Waals surface area contributed by atoms with Crippen LogP contribution in [0.2, 0.25) is 0 Å². The fraction of sp³-hybridized carbons (Fsp3) is 0.286. The molecule has 0 spiro atoms. The average molecular weight is 274 g/mol. The Kier molecular flexibility index (Phi) is 3.54. The van der Waals surface area contributed by atoms with Crippen molar-refractivity contribution >= 4 is 19.7 Å².